The smallest absolute Gasteiger partial charge is 0.274 e. The van der Waals surface area contributed by atoms with Crippen LogP contribution in [0.25, 0.3) is 0 Å². The van der Waals surface area contributed by atoms with Gasteiger partial charge in [0.15, 0.2) is 0 Å². The van der Waals surface area contributed by atoms with Crippen LogP contribution in [0.2, 0.25) is 0 Å². The highest BCUT2D eigenvalue weighted by atomic mass is 16.1. The summed E-state index contributed by atoms with van der Waals surface area (Å²) in [6, 6.07) is 7.68. The summed E-state index contributed by atoms with van der Waals surface area (Å²) in [6.07, 6.45) is 0.980. The van der Waals surface area contributed by atoms with Crippen molar-refractivity contribution in [3.63, 3.8) is 0 Å². The molecule has 1 aromatic heterocycles. The minimum absolute atomic E-state index is 0.226. The predicted octanol–water partition coefficient (Wildman–Crippen LogP) is 3.02. The number of carbonyl (C=O) groups excluding carboxylic acids is 1. The molecule has 6 nitrogen and oxygen atoms in total. The lowest BCUT2D eigenvalue weighted by molar-refractivity contribution is 0.102. The monoisotopic (exact) mass is 341 g/mol. The standard InChI is InChI=1S/C19H27N5O/c1-13-7-8-14(2)16(11-13)22-18(25)17-12-15(3)21-19(23-17)20-9-6-10-24(4)5/h7-8,11-12H,6,9-10H2,1-5H3,(H,22,25)(H,20,21,23). The van der Waals surface area contributed by atoms with Gasteiger partial charge in [0.1, 0.15) is 5.69 Å². The Morgan fingerprint density at radius 1 is 1.12 bits per heavy atom. The maximum Gasteiger partial charge on any atom is 0.274 e. The van der Waals surface area contributed by atoms with Crippen LogP contribution in [0.4, 0.5) is 11.6 Å². The average Bonchev–Trinajstić information content (AvgIpc) is 2.54. The van der Waals surface area contributed by atoms with E-state index in [4.69, 9.17) is 0 Å². The molecule has 2 aromatic rings. The molecule has 1 aromatic carbocycles. The SMILES string of the molecule is Cc1ccc(C)c(NC(=O)c2cc(C)nc(NCCCN(C)C)n2)c1. The number of anilines is 2. The molecule has 0 aliphatic carbocycles. The third-order valence-corrected chi connectivity index (χ3v) is 3.79. The zero-order valence-electron chi connectivity index (χ0n) is 15.7. The number of nitrogens with one attached hydrogen (secondary N) is 2. The van der Waals surface area contributed by atoms with E-state index in [9.17, 15) is 4.79 Å². The molecular formula is C19H27N5O. The van der Waals surface area contributed by atoms with Crippen molar-refractivity contribution < 1.29 is 4.79 Å². The van der Waals surface area contributed by atoms with Crippen LogP contribution in [0.3, 0.4) is 0 Å². The number of aryl methyl sites for hydroxylation is 3. The molecule has 134 valence electrons. The van der Waals surface area contributed by atoms with Gasteiger partial charge in [0.25, 0.3) is 5.91 Å². The molecule has 2 rings (SSSR count). The number of hydrogen-bond acceptors (Lipinski definition) is 5. The Morgan fingerprint density at radius 2 is 1.88 bits per heavy atom. The summed E-state index contributed by atoms with van der Waals surface area (Å²) >= 11 is 0. The second-order valence-corrected chi connectivity index (χ2v) is 6.57. The normalized spacial score (nSPS) is 10.8. The van der Waals surface area contributed by atoms with Gasteiger partial charge in [-0.25, -0.2) is 9.97 Å². The summed E-state index contributed by atoms with van der Waals surface area (Å²) in [5, 5.41) is 6.13. The lowest BCUT2D eigenvalue weighted by Gasteiger charge is -2.12. The number of nitrogens with zero attached hydrogens (tertiary/aromatic N) is 3. The molecule has 25 heavy (non-hydrogen) atoms. The van der Waals surface area contributed by atoms with E-state index in [-0.39, 0.29) is 5.91 Å². The van der Waals surface area contributed by atoms with Gasteiger partial charge in [-0.2, -0.15) is 0 Å². The molecule has 0 radical (unpaired) electrons. The molecule has 6 heteroatoms. The average molecular weight is 341 g/mol. The Labute approximate surface area is 149 Å². The maximum absolute atomic E-state index is 12.6. The molecule has 0 spiro atoms. The molecule has 1 heterocycles. The van der Waals surface area contributed by atoms with E-state index >= 15 is 0 Å². The van der Waals surface area contributed by atoms with Crippen molar-refractivity contribution in [1.29, 1.82) is 0 Å². The summed E-state index contributed by atoms with van der Waals surface area (Å²) in [5.74, 6) is 0.264. The summed E-state index contributed by atoms with van der Waals surface area (Å²) < 4.78 is 0. The summed E-state index contributed by atoms with van der Waals surface area (Å²) in [7, 11) is 4.08. The maximum atomic E-state index is 12.6. The van der Waals surface area contributed by atoms with E-state index in [1.165, 1.54) is 0 Å². The largest absolute Gasteiger partial charge is 0.354 e. The highest BCUT2D eigenvalue weighted by Gasteiger charge is 2.12. The fourth-order valence-electron chi connectivity index (χ4n) is 2.42. The van der Waals surface area contributed by atoms with E-state index in [1.807, 2.05) is 53.1 Å². The van der Waals surface area contributed by atoms with Crippen molar-refractivity contribution in [3.05, 3.63) is 46.8 Å². The van der Waals surface area contributed by atoms with Crippen LogP contribution in [-0.2, 0) is 0 Å². The Morgan fingerprint density at radius 3 is 2.60 bits per heavy atom. The van der Waals surface area contributed by atoms with Crippen molar-refractivity contribution in [2.24, 2.45) is 0 Å². The Balaban J connectivity index is 2.07. The predicted molar refractivity (Wildman–Crippen MR) is 102 cm³/mol. The molecule has 0 unspecified atom stereocenters. The fourth-order valence-corrected chi connectivity index (χ4v) is 2.42. The Kier molecular flexibility index (Phi) is 6.47. The van der Waals surface area contributed by atoms with Crippen molar-refractivity contribution in [1.82, 2.24) is 14.9 Å². The number of aromatic nitrogens is 2. The molecule has 1 amide bonds. The van der Waals surface area contributed by atoms with Gasteiger partial charge in [0.2, 0.25) is 5.95 Å². The van der Waals surface area contributed by atoms with Crippen LogP contribution in [0.5, 0.6) is 0 Å². The fraction of sp³-hybridized carbons (Fsp3) is 0.421. The highest BCUT2D eigenvalue weighted by Crippen LogP contribution is 2.17. The van der Waals surface area contributed by atoms with Gasteiger partial charge in [-0.3, -0.25) is 4.79 Å². The second-order valence-electron chi connectivity index (χ2n) is 6.57. The van der Waals surface area contributed by atoms with Crippen molar-refractivity contribution in [2.45, 2.75) is 27.2 Å². The highest BCUT2D eigenvalue weighted by molar-refractivity contribution is 6.03. The molecule has 0 bridgehead atoms. The van der Waals surface area contributed by atoms with E-state index in [0.29, 0.717) is 11.6 Å². The Bertz CT molecular complexity index is 743. The minimum Gasteiger partial charge on any atom is -0.354 e. The summed E-state index contributed by atoms with van der Waals surface area (Å²) in [5.41, 5.74) is 4.05. The number of rotatable bonds is 7. The van der Waals surface area contributed by atoms with Crippen molar-refractivity contribution in [3.8, 4) is 0 Å². The zero-order valence-corrected chi connectivity index (χ0v) is 15.7. The van der Waals surface area contributed by atoms with Crippen LogP contribution in [0.15, 0.2) is 24.3 Å². The van der Waals surface area contributed by atoms with Crippen LogP contribution < -0.4 is 10.6 Å². The third kappa shape index (κ3) is 5.83. The van der Waals surface area contributed by atoms with Gasteiger partial charge in [0, 0.05) is 17.9 Å². The molecule has 0 atom stereocenters. The number of amides is 1. The van der Waals surface area contributed by atoms with Gasteiger partial charge in [-0.05, 0) is 71.1 Å². The molecule has 0 saturated heterocycles. The molecule has 2 N–H and O–H groups in total. The first-order valence-corrected chi connectivity index (χ1v) is 8.48. The molecule has 0 aliphatic heterocycles. The van der Waals surface area contributed by atoms with Gasteiger partial charge in [0.05, 0.1) is 0 Å². The first kappa shape index (κ1) is 18.9. The summed E-state index contributed by atoms with van der Waals surface area (Å²) in [6.45, 7) is 7.58. The lowest BCUT2D eigenvalue weighted by Crippen LogP contribution is -2.19. The summed E-state index contributed by atoms with van der Waals surface area (Å²) in [4.78, 5) is 23.4. The second kappa shape index (κ2) is 8.58. The van der Waals surface area contributed by atoms with Crippen LogP contribution in [0, 0.1) is 20.8 Å². The van der Waals surface area contributed by atoms with Crippen molar-refractivity contribution >= 4 is 17.5 Å². The first-order chi connectivity index (χ1) is 11.8. The molecule has 0 saturated carbocycles. The number of benzene rings is 1. The molecular weight excluding hydrogens is 314 g/mol. The van der Waals surface area contributed by atoms with Crippen LogP contribution >= 0.6 is 0 Å². The topological polar surface area (TPSA) is 70.2 Å². The van der Waals surface area contributed by atoms with E-state index in [0.717, 1.165) is 42.0 Å². The number of hydrogen-bond donors (Lipinski definition) is 2. The Hall–Kier alpha value is -2.47. The van der Waals surface area contributed by atoms with E-state index < -0.39 is 0 Å². The first-order valence-electron chi connectivity index (χ1n) is 8.48. The lowest BCUT2D eigenvalue weighted by atomic mass is 10.1. The molecule has 0 fully saturated rings. The quantitative estimate of drug-likeness (QED) is 0.758. The van der Waals surface area contributed by atoms with E-state index in [1.54, 1.807) is 6.07 Å². The third-order valence-electron chi connectivity index (χ3n) is 3.79. The van der Waals surface area contributed by atoms with Crippen LogP contribution in [-0.4, -0.2) is 48.0 Å². The van der Waals surface area contributed by atoms with Gasteiger partial charge in [-0.15, -0.1) is 0 Å². The van der Waals surface area contributed by atoms with Gasteiger partial charge < -0.3 is 15.5 Å². The van der Waals surface area contributed by atoms with E-state index in [2.05, 4.69) is 25.5 Å². The van der Waals surface area contributed by atoms with Gasteiger partial charge in [-0.1, -0.05) is 12.1 Å². The van der Waals surface area contributed by atoms with Gasteiger partial charge >= 0.3 is 0 Å². The van der Waals surface area contributed by atoms with Crippen LogP contribution in [0.1, 0.15) is 33.7 Å². The van der Waals surface area contributed by atoms with Crippen molar-refractivity contribution in [2.75, 3.05) is 37.8 Å². The zero-order chi connectivity index (χ0) is 18.4. The number of carbonyl (C=O) groups is 1. The minimum atomic E-state index is -0.226. The molecule has 0 aliphatic rings.